The summed E-state index contributed by atoms with van der Waals surface area (Å²) in [5, 5.41) is 0. The Kier molecular flexibility index (Phi) is 17.7. The van der Waals surface area contributed by atoms with Gasteiger partial charge in [0.05, 0.1) is 0 Å². The van der Waals surface area contributed by atoms with Crippen LogP contribution >= 0.6 is 25.3 Å². The van der Waals surface area contributed by atoms with Crippen LogP contribution in [0.1, 0.15) is 54.9 Å². The monoisotopic (exact) mass is 371 g/mol. The highest BCUT2D eigenvalue weighted by atomic mass is 32.1. The van der Waals surface area contributed by atoms with Crippen molar-refractivity contribution < 1.29 is 23.8 Å². The van der Waals surface area contributed by atoms with Crippen LogP contribution in [0, 0.1) is 0 Å². The molecule has 6 nitrogen and oxygen atoms in total. The van der Waals surface area contributed by atoms with Gasteiger partial charge in [0.15, 0.2) is 0 Å². The lowest BCUT2D eigenvalue weighted by atomic mass is 10.2. The second-order valence-corrected chi connectivity index (χ2v) is 7.16. The van der Waals surface area contributed by atoms with E-state index in [1.807, 2.05) is 0 Å². The molecule has 0 bridgehead atoms. The molecule has 0 aliphatic rings. The topological polar surface area (TPSA) is 87.8 Å². The Morgan fingerprint density at radius 2 is 1.13 bits per heavy atom. The maximum Gasteiger partial charge on any atom is 0.519 e. The van der Waals surface area contributed by atoms with Crippen LogP contribution in [0.2, 0.25) is 0 Å². The predicted molar refractivity (Wildman–Crippen MR) is 101 cm³/mol. The Labute approximate surface area is 151 Å². The molecule has 0 aromatic heterocycles. The minimum absolute atomic E-state index is 0.684. The van der Waals surface area contributed by atoms with Crippen LogP contribution in [0.25, 0.3) is 0 Å². The molecule has 0 aromatic rings. The highest BCUT2D eigenvalue weighted by Crippen LogP contribution is 2.11. The SMILES string of the molecule is CC(C)(C)OC(=O)OC(=O)OC(C)(C)C.CCCS.NCCS. The standard InChI is InChI=1S/C10H18O5.C3H8S.C2H7NS/c1-9(2,3)14-7(11)13-8(12)15-10(4,5)6;1-2-3-4;3-1-2-4/h1-6H3;4H,2-3H2,1H3;4H,1-3H2. The Morgan fingerprint density at radius 1 is 0.870 bits per heavy atom. The van der Waals surface area contributed by atoms with Crippen molar-refractivity contribution in [2.24, 2.45) is 5.73 Å². The smallest absolute Gasteiger partial charge is 0.428 e. The molecule has 23 heavy (non-hydrogen) atoms. The molecule has 0 aliphatic carbocycles. The van der Waals surface area contributed by atoms with Gasteiger partial charge in [-0.3, -0.25) is 0 Å². The Hall–Kier alpha value is -0.600. The molecule has 0 heterocycles. The van der Waals surface area contributed by atoms with E-state index in [2.05, 4.69) is 36.9 Å². The first-order valence-electron chi connectivity index (χ1n) is 7.38. The lowest BCUT2D eigenvalue weighted by Crippen LogP contribution is -2.29. The van der Waals surface area contributed by atoms with E-state index in [0.29, 0.717) is 6.54 Å². The van der Waals surface area contributed by atoms with E-state index >= 15 is 0 Å². The molecule has 0 rings (SSSR count). The summed E-state index contributed by atoms with van der Waals surface area (Å²) in [5.41, 5.74) is 3.56. The number of hydrogen-bond donors (Lipinski definition) is 3. The van der Waals surface area contributed by atoms with Crippen molar-refractivity contribution in [2.75, 3.05) is 18.1 Å². The van der Waals surface area contributed by atoms with E-state index in [9.17, 15) is 9.59 Å². The van der Waals surface area contributed by atoms with Crippen molar-refractivity contribution in [1.29, 1.82) is 0 Å². The van der Waals surface area contributed by atoms with Gasteiger partial charge in [-0.15, -0.1) is 0 Å². The predicted octanol–water partition coefficient (Wildman–Crippen LogP) is 4.07. The summed E-state index contributed by atoms with van der Waals surface area (Å²) in [5.74, 6) is 1.81. The summed E-state index contributed by atoms with van der Waals surface area (Å²) in [6.45, 7) is 12.8. The number of rotatable bonds is 2. The summed E-state index contributed by atoms with van der Waals surface area (Å²) < 4.78 is 13.8. The Morgan fingerprint density at radius 3 is 1.26 bits per heavy atom. The number of carbonyl (C=O) groups excluding carboxylic acids is 2. The van der Waals surface area contributed by atoms with E-state index in [1.165, 1.54) is 6.42 Å². The zero-order chi connectivity index (χ0) is 19.1. The van der Waals surface area contributed by atoms with Gasteiger partial charge in [0, 0.05) is 12.3 Å². The zero-order valence-electron chi connectivity index (χ0n) is 15.3. The normalized spacial score (nSPS) is 10.3. The minimum atomic E-state index is -1.06. The van der Waals surface area contributed by atoms with Crippen LogP contribution in [-0.4, -0.2) is 41.6 Å². The van der Waals surface area contributed by atoms with E-state index in [-0.39, 0.29) is 0 Å². The lowest BCUT2D eigenvalue weighted by molar-refractivity contribution is -0.0293. The fourth-order valence-corrected chi connectivity index (χ4v) is 0.610. The summed E-state index contributed by atoms with van der Waals surface area (Å²) >= 11 is 7.72. The van der Waals surface area contributed by atoms with Gasteiger partial charge < -0.3 is 19.9 Å². The van der Waals surface area contributed by atoms with Crippen LogP contribution in [0.15, 0.2) is 0 Å². The molecule has 0 radical (unpaired) electrons. The first-order chi connectivity index (χ1) is 10.3. The van der Waals surface area contributed by atoms with Crippen molar-refractivity contribution >= 4 is 37.6 Å². The van der Waals surface area contributed by atoms with Crippen LogP contribution < -0.4 is 5.73 Å². The van der Waals surface area contributed by atoms with Crippen LogP contribution in [0.4, 0.5) is 9.59 Å². The molecule has 140 valence electrons. The first-order valence-corrected chi connectivity index (χ1v) is 8.65. The molecule has 0 aliphatic heterocycles. The zero-order valence-corrected chi connectivity index (χ0v) is 17.1. The number of hydrogen-bond acceptors (Lipinski definition) is 8. The molecular formula is C15H33NO5S2. The maximum atomic E-state index is 11.0. The molecule has 0 amide bonds. The number of thiol groups is 2. The van der Waals surface area contributed by atoms with Gasteiger partial charge in [-0.05, 0) is 53.7 Å². The van der Waals surface area contributed by atoms with Crippen molar-refractivity contribution in [3.8, 4) is 0 Å². The highest BCUT2D eigenvalue weighted by molar-refractivity contribution is 7.80. The second kappa shape index (κ2) is 15.0. The van der Waals surface area contributed by atoms with Crippen molar-refractivity contribution in [3.63, 3.8) is 0 Å². The average molecular weight is 372 g/mol. The second-order valence-electron chi connectivity index (χ2n) is 6.27. The van der Waals surface area contributed by atoms with Crippen molar-refractivity contribution in [3.05, 3.63) is 0 Å². The van der Waals surface area contributed by atoms with Gasteiger partial charge in [-0.2, -0.15) is 25.3 Å². The largest absolute Gasteiger partial charge is 0.519 e. The molecule has 0 saturated carbocycles. The average Bonchev–Trinajstić information content (AvgIpc) is 2.34. The molecule has 0 spiro atoms. The van der Waals surface area contributed by atoms with Gasteiger partial charge in [-0.1, -0.05) is 6.92 Å². The number of ether oxygens (including phenoxy) is 3. The van der Waals surface area contributed by atoms with Crippen LogP contribution in [0.3, 0.4) is 0 Å². The molecule has 0 fully saturated rings. The lowest BCUT2D eigenvalue weighted by Gasteiger charge is -2.20. The molecule has 2 N–H and O–H groups in total. The molecule has 0 atom stereocenters. The summed E-state index contributed by atoms with van der Waals surface area (Å²) in [7, 11) is 0. The van der Waals surface area contributed by atoms with E-state index in [1.54, 1.807) is 41.5 Å². The van der Waals surface area contributed by atoms with E-state index < -0.39 is 23.5 Å². The van der Waals surface area contributed by atoms with E-state index in [0.717, 1.165) is 11.5 Å². The fraction of sp³-hybridized carbons (Fsp3) is 0.867. The quantitative estimate of drug-likeness (QED) is 0.385. The molecule has 0 unspecified atom stereocenters. The third kappa shape index (κ3) is 34.0. The number of nitrogens with two attached hydrogens (primary N) is 1. The first kappa shape index (κ1) is 27.3. The van der Waals surface area contributed by atoms with E-state index in [4.69, 9.17) is 15.2 Å². The third-order valence-electron chi connectivity index (χ3n) is 1.30. The van der Waals surface area contributed by atoms with Crippen LogP contribution in [0.5, 0.6) is 0 Å². The van der Waals surface area contributed by atoms with Crippen LogP contribution in [-0.2, 0) is 14.2 Å². The van der Waals surface area contributed by atoms with Gasteiger partial charge in [0.1, 0.15) is 11.2 Å². The van der Waals surface area contributed by atoms with Gasteiger partial charge in [0.2, 0.25) is 0 Å². The maximum absolute atomic E-state index is 11.0. The Bertz CT molecular complexity index is 278. The van der Waals surface area contributed by atoms with Crippen molar-refractivity contribution in [1.82, 2.24) is 0 Å². The highest BCUT2D eigenvalue weighted by Gasteiger charge is 2.24. The van der Waals surface area contributed by atoms with Gasteiger partial charge >= 0.3 is 12.3 Å². The molecule has 8 heteroatoms. The summed E-state index contributed by atoms with van der Waals surface area (Å²) in [6, 6.07) is 0. The Balaban J connectivity index is -0.000000413. The molecule has 0 aromatic carbocycles. The summed E-state index contributed by atoms with van der Waals surface area (Å²) in [4.78, 5) is 22.0. The van der Waals surface area contributed by atoms with Gasteiger partial charge in [-0.25, -0.2) is 9.59 Å². The molecule has 0 saturated heterocycles. The fourth-order valence-electron chi connectivity index (χ4n) is 0.610. The number of carbonyl (C=O) groups is 2. The minimum Gasteiger partial charge on any atom is -0.428 e. The molecular weight excluding hydrogens is 338 g/mol. The summed E-state index contributed by atoms with van der Waals surface area (Å²) in [6.07, 6.45) is -0.933. The van der Waals surface area contributed by atoms with Crippen molar-refractivity contribution in [2.45, 2.75) is 66.1 Å². The van der Waals surface area contributed by atoms with Gasteiger partial charge in [0.25, 0.3) is 0 Å². The third-order valence-corrected chi connectivity index (χ3v) is 2.00.